The molecule has 0 bridgehead atoms. The van der Waals surface area contributed by atoms with E-state index in [-0.39, 0.29) is 6.73 Å². The molecule has 0 fully saturated rings. The lowest BCUT2D eigenvalue weighted by atomic mass is 10.1. The second kappa shape index (κ2) is 13.3. The van der Waals surface area contributed by atoms with Crippen LogP contribution in [0.2, 0.25) is 0 Å². The average Bonchev–Trinajstić information content (AvgIpc) is 2.99. The van der Waals surface area contributed by atoms with Crippen LogP contribution in [0.25, 0.3) is 11.1 Å². The fraction of sp³-hybridized carbons (Fsp3) is 0.147. The zero-order valence-electron chi connectivity index (χ0n) is 23.0. The summed E-state index contributed by atoms with van der Waals surface area (Å²) < 4.78 is 10.2. The van der Waals surface area contributed by atoms with Crippen LogP contribution < -0.4 is 24.5 Å². The highest BCUT2D eigenvalue weighted by Gasteiger charge is 2.11. The molecule has 0 aliphatic carbocycles. The second-order valence-electron chi connectivity index (χ2n) is 9.90. The minimum atomic E-state index is -0.907. The van der Waals surface area contributed by atoms with Crippen LogP contribution in [-0.2, 0) is 17.9 Å². The summed E-state index contributed by atoms with van der Waals surface area (Å²) in [5.74, 6) is -0.260. The molecule has 5 aromatic rings. The molecule has 41 heavy (non-hydrogen) atoms. The zero-order valence-corrected chi connectivity index (χ0v) is 23.0. The van der Waals surface area contributed by atoms with Gasteiger partial charge in [-0.3, -0.25) is 4.79 Å². The van der Waals surface area contributed by atoms with Gasteiger partial charge in [0.1, 0.15) is 17.5 Å². The third-order valence-electron chi connectivity index (χ3n) is 6.71. The molecule has 7 heteroatoms. The number of hydrogen-bond acceptors (Lipinski definition) is 4. The van der Waals surface area contributed by atoms with Gasteiger partial charge in [0.05, 0.1) is 0 Å². The lowest BCUT2D eigenvalue weighted by molar-refractivity contribution is -0.688. The van der Waals surface area contributed by atoms with Gasteiger partial charge in [0.25, 0.3) is 0 Å². The normalized spacial score (nSPS) is 11.4. The molecule has 3 N–H and O–H groups in total. The third kappa shape index (κ3) is 7.92. The monoisotopic (exact) mass is 546 g/mol. The smallest absolute Gasteiger partial charge is 0.325 e. The lowest BCUT2D eigenvalue weighted by Crippen LogP contribution is -2.34. The second-order valence-corrected chi connectivity index (χ2v) is 9.90. The Bertz CT molecular complexity index is 1570. The van der Waals surface area contributed by atoms with Gasteiger partial charge in [0.15, 0.2) is 44.6 Å². The maximum Gasteiger partial charge on any atom is 0.325 e. The van der Waals surface area contributed by atoms with Crippen molar-refractivity contribution in [3.63, 3.8) is 0 Å². The Morgan fingerprint density at radius 2 is 1.41 bits per heavy atom. The molecule has 7 nitrogen and oxygen atoms in total. The van der Waals surface area contributed by atoms with Crippen LogP contribution in [0, 0.1) is 0 Å². The third-order valence-corrected chi connectivity index (χ3v) is 6.71. The van der Waals surface area contributed by atoms with Crippen molar-refractivity contribution in [1.82, 2.24) is 0 Å². The number of pyridine rings is 2. The topological polar surface area (TPSA) is 78.4 Å². The molecule has 0 radical (unpaired) electrons. The molecule has 3 aromatic carbocycles. The van der Waals surface area contributed by atoms with Crippen molar-refractivity contribution in [3.05, 3.63) is 139 Å². The zero-order chi connectivity index (χ0) is 28.4. The first kappa shape index (κ1) is 27.4. The van der Waals surface area contributed by atoms with Gasteiger partial charge >= 0.3 is 5.97 Å². The standard InChI is InChI=1S/C34H33N4O3/c1-26(34(39)40)36-31-9-5-11-33(21-31)41-25-35-32-10-6-18-38(24-32)23-28-14-12-27(13-15-28)22-37-19-16-30(17-20-37)29-7-3-2-4-8-29/h2-21,24,26,35-36H,22-23,25H2,1H3/q+1/p+1. The van der Waals surface area contributed by atoms with E-state index in [0.717, 1.165) is 18.8 Å². The minimum absolute atomic E-state index is 0.278. The molecule has 0 aliphatic heterocycles. The Morgan fingerprint density at radius 3 is 2.12 bits per heavy atom. The molecule has 0 saturated heterocycles. The van der Waals surface area contributed by atoms with E-state index >= 15 is 0 Å². The largest absolute Gasteiger partial charge is 0.480 e. The number of ether oxygens (including phenoxy) is 1. The number of hydrogen-bond donors (Lipinski definition) is 3. The minimum Gasteiger partial charge on any atom is -0.480 e. The molecule has 0 aliphatic rings. The first-order chi connectivity index (χ1) is 20.0. The van der Waals surface area contributed by atoms with Gasteiger partial charge in [-0.25, -0.2) is 4.57 Å². The maximum absolute atomic E-state index is 11.1. The van der Waals surface area contributed by atoms with Gasteiger partial charge in [-0.15, -0.1) is 0 Å². The van der Waals surface area contributed by atoms with Crippen molar-refractivity contribution in [2.45, 2.75) is 26.1 Å². The van der Waals surface area contributed by atoms with Crippen molar-refractivity contribution in [1.29, 1.82) is 0 Å². The number of carboxylic acids is 1. The molecule has 0 amide bonds. The van der Waals surface area contributed by atoms with Crippen LogP contribution in [0.5, 0.6) is 5.75 Å². The molecule has 0 spiro atoms. The predicted molar refractivity (Wildman–Crippen MR) is 160 cm³/mol. The summed E-state index contributed by atoms with van der Waals surface area (Å²) in [6, 6.07) is 34.0. The van der Waals surface area contributed by atoms with Crippen LogP contribution in [-0.4, -0.2) is 23.8 Å². The summed E-state index contributed by atoms with van der Waals surface area (Å²) in [4.78, 5) is 11.1. The number of aromatic nitrogens is 2. The van der Waals surface area contributed by atoms with E-state index in [4.69, 9.17) is 9.84 Å². The van der Waals surface area contributed by atoms with Gasteiger partial charge in [-0.05, 0) is 36.2 Å². The summed E-state index contributed by atoms with van der Waals surface area (Å²) >= 11 is 0. The summed E-state index contributed by atoms with van der Waals surface area (Å²) in [5, 5.41) is 15.3. The molecule has 1 atom stereocenters. The number of benzene rings is 3. The summed E-state index contributed by atoms with van der Waals surface area (Å²) in [7, 11) is 0. The Labute approximate surface area is 240 Å². The van der Waals surface area contributed by atoms with Crippen molar-refractivity contribution >= 4 is 17.3 Å². The quantitative estimate of drug-likeness (QED) is 0.145. The van der Waals surface area contributed by atoms with Crippen LogP contribution in [0.15, 0.2) is 128 Å². The fourth-order valence-corrected chi connectivity index (χ4v) is 4.47. The average molecular weight is 547 g/mol. The number of nitrogens with one attached hydrogen (secondary N) is 2. The van der Waals surface area contributed by atoms with Gasteiger partial charge in [0, 0.05) is 41.1 Å². The van der Waals surface area contributed by atoms with Crippen LogP contribution in [0.3, 0.4) is 0 Å². The molecule has 2 heterocycles. The molecule has 206 valence electrons. The molecular formula is C34H34N4O3+2. The fourth-order valence-electron chi connectivity index (χ4n) is 4.47. The Morgan fingerprint density at radius 1 is 0.756 bits per heavy atom. The Hall–Kier alpha value is -5.17. The number of nitrogens with zero attached hydrogens (tertiary/aromatic N) is 2. The predicted octanol–water partition coefficient (Wildman–Crippen LogP) is 5.36. The van der Waals surface area contributed by atoms with E-state index < -0.39 is 12.0 Å². The van der Waals surface area contributed by atoms with E-state index in [0.29, 0.717) is 11.4 Å². The van der Waals surface area contributed by atoms with Crippen molar-refractivity contribution in [3.8, 4) is 16.9 Å². The van der Waals surface area contributed by atoms with Gasteiger partial charge in [-0.1, -0.05) is 60.7 Å². The first-order valence-corrected chi connectivity index (χ1v) is 13.6. The number of carboxylic acid groups (broad SMARTS) is 1. The van der Waals surface area contributed by atoms with E-state index in [1.165, 1.54) is 22.3 Å². The van der Waals surface area contributed by atoms with Gasteiger partial charge in [0.2, 0.25) is 0 Å². The van der Waals surface area contributed by atoms with Crippen molar-refractivity contribution in [2.24, 2.45) is 0 Å². The van der Waals surface area contributed by atoms with E-state index in [9.17, 15) is 4.79 Å². The van der Waals surface area contributed by atoms with Crippen molar-refractivity contribution in [2.75, 3.05) is 17.4 Å². The van der Waals surface area contributed by atoms with Gasteiger partial charge < -0.3 is 20.5 Å². The molecule has 2 aromatic heterocycles. The molecule has 0 saturated carbocycles. The summed E-state index contributed by atoms with van der Waals surface area (Å²) in [6.07, 6.45) is 8.35. The van der Waals surface area contributed by atoms with E-state index in [1.807, 2.05) is 48.8 Å². The van der Waals surface area contributed by atoms with Crippen LogP contribution in [0.1, 0.15) is 18.1 Å². The van der Waals surface area contributed by atoms with Crippen LogP contribution >= 0.6 is 0 Å². The number of rotatable bonds is 12. The highest BCUT2D eigenvalue weighted by Crippen LogP contribution is 2.19. The van der Waals surface area contributed by atoms with E-state index in [2.05, 4.69) is 92.8 Å². The van der Waals surface area contributed by atoms with E-state index in [1.54, 1.807) is 13.0 Å². The number of anilines is 2. The summed E-state index contributed by atoms with van der Waals surface area (Å²) in [6.45, 7) is 3.45. The molecular weight excluding hydrogens is 512 g/mol. The summed E-state index contributed by atoms with van der Waals surface area (Å²) in [5.41, 5.74) is 6.54. The highest BCUT2D eigenvalue weighted by molar-refractivity contribution is 5.76. The van der Waals surface area contributed by atoms with Gasteiger partial charge in [-0.2, -0.15) is 4.57 Å². The Balaban J connectivity index is 1.12. The number of carbonyl (C=O) groups is 1. The maximum atomic E-state index is 11.1. The highest BCUT2D eigenvalue weighted by atomic mass is 16.5. The Kier molecular flexibility index (Phi) is 8.86. The van der Waals surface area contributed by atoms with Crippen LogP contribution in [0.4, 0.5) is 11.4 Å². The van der Waals surface area contributed by atoms with Crippen molar-refractivity contribution < 1.29 is 23.8 Å². The lowest BCUT2D eigenvalue weighted by Gasteiger charge is -2.13. The first-order valence-electron chi connectivity index (χ1n) is 13.6. The molecule has 1 unspecified atom stereocenters. The number of aliphatic carboxylic acids is 1. The molecule has 5 rings (SSSR count). The SMILES string of the molecule is CC(Nc1cccc(OCNc2ccc[n+](Cc3ccc(C[n+]4ccc(-c5ccccc5)cc4)cc3)c2)c1)C(=O)O.